The van der Waals surface area contributed by atoms with Crippen LogP contribution in [0.15, 0.2) is 83.8 Å². The van der Waals surface area contributed by atoms with Crippen molar-refractivity contribution < 1.29 is 9.53 Å². The summed E-state index contributed by atoms with van der Waals surface area (Å²) >= 11 is 1.59. The van der Waals surface area contributed by atoms with E-state index in [9.17, 15) is 4.79 Å². The number of nitrogens with zero attached hydrogens (tertiary/aromatic N) is 1. The van der Waals surface area contributed by atoms with Crippen LogP contribution < -0.4 is 4.74 Å². The van der Waals surface area contributed by atoms with E-state index in [2.05, 4.69) is 41.4 Å². The number of ether oxygens (including phenoxy) is 1. The average Bonchev–Trinajstić information content (AvgIpc) is 3.22. The molecule has 1 aromatic heterocycles. The molecular weight excluding hydrogens is 416 g/mol. The smallest absolute Gasteiger partial charge is 0.233 e. The van der Waals surface area contributed by atoms with Crippen LogP contribution in [0.3, 0.4) is 0 Å². The SMILES string of the molecule is CCOc1cccc([C@H]2c3[nH]c4ccccc4c3CCN2C(=O)CSc2ccccc2)c1. The monoisotopic (exact) mass is 442 g/mol. The summed E-state index contributed by atoms with van der Waals surface area (Å²) in [6.45, 7) is 3.30. The lowest BCUT2D eigenvalue weighted by Crippen LogP contribution is -2.41. The van der Waals surface area contributed by atoms with Crippen molar-refractivity contribution in [2.45, 2.75) is 24.3 Å². The van der Waals surface area contributed by atoms with Crippen LogP contribution in [0.1, 0.15) is 29.8 Å². The van der Waals surface area contributed by atoms with Crippen LogP contribution >= 0.6 is 11.8 Å². The number of hydrogen-bond acceptors (Lipinski definition) is 3. The zero-order valence-corrected chi connectivity index (χ0v) is 18.9. The number of H-pyrrole nitrogens is 1. The largest absolute Gasteiger partial charge is 0.494 e. The Bertz CT molecular complexity index is 1230. The van der Waals surface area contributed by atoms with E-state index in [1.54, 1.807) is 11.8 Å². The lowest BCUT2D eigenvalue weighted by molar-refractivity contribution is -0.130. The summed E-state index contributed by atoms with van der Waals surface area (Å²) in [5, 5.41) is 1.25. The van der Waals surface area contributed by atoms with Crippen molar-refractivity contribution in [3.63, 3.8) is 0 Å². The fraction of sp³-hybridized carbons (Fsp3) is 0.222. The Morgan fingerprint density at radius 3 is 2.72 bits per heavy atom. The molecule has 2 heterocycles. The highest BCUT2D eigenvalue weighted by molar-refractivity contribution is 8.00. The lowest BCUT2D eigenvalue weighted by atomic mass is 9.92. The van der Waals surface area contributed by atoms with Gasteiger partial charge in [-0.25, -0.2) is 0 Å². The van der Waals surface area contributed by atoms with Gasteiger partial charge in [0, 0.05) is 28.0 Å². The van der Waals surface area contributed by atoms with E-state index in [1.165, 1.54) is 10.9 Å². The second kappa shape index (κ2) is 9.13. The van der Waals surface area contributed by atoms with E-state index in [1.807, 2.05) is 54.3 Å². The predicted octanol–water partition coefficient (Wildman–Crippen LogP) is 5.83. The summed E-state index contributed by atoms with van der Waals surface area (Å²) in [7, 11) is 0. The van der Waals surface area contributed by atoms with Crippen LogP contribution in [0.2, 0.25) is 0 Å². The lowest BCUT2D eigenvalue weighted by Gasteiger charge is -2.36. The molecule has 162 valence electrons. The molecule has 4 nitrogen and oxygen atoms in total. The molecule has 0 spiro atoms. The van der Waals surface area contributed by atoms with E-state index in [4.69, 9.17) is 4.74 Å². The van der Waals surface area contributed by atoms with Gasteiger partial charge < -0.3 is 14.6 Å². The number of aromatic nitrogens is 1. The highest BCUT2D eigenvalue weighted by Gasteiger charge is 2.34. The number of para-hydroxylation sites is 1. The van der Waals surface area contributed by atoms with Gasteiger partial charge in [0.25, 0.3) is 0 Å². The molecular formula is C27H26N2O2S. The highest BCUT2D eigenvalue weighted by Crippen LogP contribution is 2.39. The molecule has 4 aromatic rings. The Labute approximate surface area is 192 Å². The van der Waals surface area contributed by atoms with Crippen molar-refractivity contribution in [2.75, 3.05) is 18.9 Å². The molecule has 0 saturated carbocycles. The third kappa shape index (κ3) is 4.00. The molecule has 1 atom stereocenters. The van der Waals surface area contributed by atoms with Crippen molar-refractivity contribution >= 4 is 28.6 Å². The van der Waals surface area contributed by atoms with Crippen LogP contribution in [-0.2, 0) is 11.2 Å². The first-order valence-electron chi connectivity index (χ1n) is 11.0. The van der Waals surface area contributed by atoms with Crippen LogP contribution in [0, 0.1) is 0 Å². The quantitative estimate of drug-likeness (QED) is 0.382. The zero-order valence-electron chi connectivity index (χ0n) is 18.1. The predicted molar refractivity (Wildman–Crippen MR) is 130 cm³/mol. The standard InChI is InChI=1S/C27H26N2O2S/c1-2-31-20-10-8-9-19(17-20)27-26-23(22-13-6-7-14-24(22)28-26)15-16-29(27)25(30)18-32-21-11-4-3-5-12-21/h3-14,17,27-28H,2,15-16,18H2,1H3/t27-/m0/s1. The molecule has 0 fully saturated rings. The minimum Gasteiger partial charge on any atom is -0.494 e. The van der Waals surface area contributed by atoms with Gasteiger partial charge in [-0.3, -0.25) is 4.79 Å². The van der Waals surface area contributed by atoms with E-state index >= 15 is 0 Å². The van der Waals surface area contributed by atoms with Gasteiger partial charge in [-0.05, 0) is 54.8 Å². The normalized spacial score (nSPS) is 15.5. The van der Waals surface area contributed by atoms with Gasteiger partial charge >= 0.3 is 0 Å². The molecule has 0 saturated heterocycles. The van der Waals surface area contributed by atoms with Crippen molar-refractivity contribution in [3.05, 3.63) is 95.7 Å². The Hall–Kier alpha value is -3.18. The Balaban J connectivity index is 1.52. The second-order valence-corrected chi connectivity index (χ2v) is 8.96. The highest BCUT2D eigenvalue weighted by atomic mass is 32.2. The van der Waals surface area contributed by atoms with Crippen molar-refractivity contribution in [1.82, 2.24) is 9.88 Å². The average molecular weight is 443 g/mol. The summed E-state index contributed by atoms with van der Waals surface area (Å²) < 4.78 is 5.77. The third-order valence-corrected chi connectivity index (χ3v) is 6.94. The minimum atomic E-state index is -0.157. The molecule has 1 aliphatic rings. The molecule has 1 aliphatic heterocycles. The molecule has 0 radical (unpaired) electrons. The van der Waals surface area contributed by atoms with E-state index in [-0.39, 0.29) is 11.9 Å². The maximum Gasteiger partial charge on any atom is 0.233 e. The molecule has 5 rings (SSSR count). The maximum absolute atomic E-state index is 13.5. The molecule has 0 bridgehead atoms. The van der Waals surface area contributed by atoms with Crippen LogP contribution in [0.25, 0.3) is 10.9 Å². The molecule has 0 unspecified atom stereocenters. The van der Waals surface area contributed by atoms with Gasteiger partial charge in [-0.2, -0.15) is 0 Å². The number of thioether (sulfide) groups is 1. The Kier molecular flexibility index (Phi) is 5.91. The molecule has 1 amide bonds. The molecule has 32 heavy (non-hydrogen) atoms. The summed E-state index contributed by atoms with van der Waals surface area (Å²) in [4.78, 5) is 20.2. The molecule has 5 heteroatoms. The first kappa shape index (κ1) is 20.7. The first-order chi connectivity index (χ1) is 15.7. The van der Waals surface area contributed by atoms with Gasteiger partial charge in [0.05, 0.1) is 18.4 Å². The Morgan fingerprint density at radius 2 is 1.88 bits per heavy atom. The minimum absolute atomic E-state index is 0.148. The van der Waals surface area contributed by atoms with Crippen LogP contribution in [-0.4, -0.2) is 34.7 Å². The fourth-order valence-corrected chi connectivity index (χ4v) is 5.35. The number of benzene rings is 3. The molecule has 3 aromatic carbocycles. The number of amides is 1. The molecule has 0 aliphatic carbocycles. The third-order valence-electron chi connectivity index (χ3n) is 5.95. The number of hydrogen-bond donors (Lipinski definition) is 1. The summed E-state index contributed by atoms with van der Waals surface area (Å²) in [5.74, 6) is 1.40. The van der Waals surface area contributed by atoms with Crippen molar-refractivity contribution in [3.8, 4) is 5.75 Å². The van der Waals surface area contributed by atoms with E-state index < -0.39 is 0 Å². The summed E-state index contributed by atoms with van der Waals surface area (Å²) in [6, 6.07) is 26.5. The van der Waals surface area contributed by atoms with Crippen molar-refractivity contribution in [1.29, 1.82) is 0 Å². The van der Waals surface area contributed by atoms with E-state index in [0.29, 0.717) is 18.9 Å². The number of carbonyl (C=O) groups is 1. The van der Waals surface area contributed by atoms with E-state index in [0.717, 1.165) is 33.8 Å². The number of nitrogens with one attached hydrogen (secondary N) is 1. The first-order valence-corrected chi connectivity index (χ1v) is 12.0. The van der Waals surface area contributed by atoms with Gasteiger partial charge in [0.2, 0.25) is 5.91 Å². The van der Waals surface area contributed by atoms with Crippen LogP contribution in [0.4, 0.5) is 0 Å². The van der Waals surface area contributed by atoms with Crippen LogP contribution in [0.5, 0.6) is 5.75 Å². The zero-order chi connectivity index (χ0) is 21.9. The van der Waals surface area contributed by atoms with Gasteiger partial charge in [-0.15, -0.1) is 11.8 Å². The fourth-order valence-electron chi connectivity index (χ4n) is 4.54. The van der Waals surface area contributed by atoms with Gasteiger partial charge in [-0.1, -0.05) is 48.5 Å². The van der Waals surface area contributed by atoms with Gasteiger partial charge in [0.15, 0.2) is 0 Å². The second-order valence-electron chi connectivity index (χ2n) is 7.91. The number of carbonyl (C=O) groups excluding carboxylic acids is 1. The van der Waals surface area contributed by atoms with Gasteiger partial charge in [0.1, 0.15) is 5.75 Å². The number of fused-ring (bicyclic) bond motifs is 3. The number of aromatic amines is 1. The number of rotatable bonds is 6. The topological polar surface area (TPSA) is 45.3 Å². The summed E-state index contributed by atoms with van der Waals surface area (Å²) in [6.07, 6.45) is 0.850. The molecule has 1 N–H and O–H groups in total. The summed E-state index contributed by atoms with van der Waals surface area (Å²) in [5.41, 5.74) is 4.62. The Morgan fingerprint density at radius 1 is 1.06 bits per heavy atom. The maximum atomic E-state index is 13.5. The van der Waals surface area contributed by atoms with Crippen molar-refractivity contribution in [2.24, 2.45) is 0 Å².